The second-order valence-electron chi connectivity index (χ2n) is 9.05. The van der Waals surface area contributed by atoms with Gasteiger partial charge in [0, 0.05) is 12.6 Å². The van der Waals surface area contributed by atoms with E-state index in [9.17, 15) is 13.2 Å². The number of fused-ring (bicyclic) bond motifs is 1. The van der Waals surface area contributed by atoms with Gasteiger partial charge in [0.05, 0.1) is 18.6 Å². The minimum Gasteiger partial charge on any atom is -0.369 e. The van der Waals surface area contributed by atoms with Gasteiger partial charge < -0.3 is 10.6 Å². The van der Waals surface area contributed by atoms with Crippen LogP contribution in [0.1, 0.15) is 46.5 Å². The third-order valence-corrected chi connectivity index (χ3v) is 8.91. The number of sulfonamides is 1. The highest BCUT2D eigenvalue weighted by atomic mass is 32.2. The van der Waals surface area contributed by atoms with Crippen LogP contribution in [0.3, 0.4) is 0 Å². The van der Waals surface area contributed by atoms with E-state index >= 15 is 0 Å². The number of aliphatic imine (C=N–C) groups is 1. The fourth-order valence-corrected chi connectivity index (χ4v) is 6.82. The van der Waals surface area contributed by atoms with E-state index in [0.717, 1.165) is 22.4 Å². The second-order valence-corrected chi connectivity index (χ2v) is 11.0. The van der Waals surface area contributed by atoms with Crippen molar-refractivity contribution in [3.05, 3.63) is 114 Å². The Morgan fingerprint density at radius 3 is 2.31 bits per heavy atom. The Hall–Kier alpha value is -3.91. The topological polar surface area (TPSA) is 96.1 Å². The van der Waals surface area contributed by atoms with Crippen LogP contribution in [0.2, 0.25) is 0 Å². The van der Waals surface area contributed by atoms with Gasteiger partial charge in [-0.15, -0.1) is 6.58 Å². The number of carbonyl (C=O) groups is 1. The minimum atomic E-state index is -3.93. The van der Waals surface area contributed by atoms with Gasteiger partial charge in [-0.05, 0) is 34.7 Å². The zero-order valence-corrected chi connectivity index (χ0v) is 20.8. The Balaban J connectivity index is 1.46. The lowest BCUT2D eigenvalue weighted by molar-refractivity contribution is -0.116. The monoisotopic (exact) mass is 500 g/mol. The molecular formula is C28H28N4O3S. The van der Waals surface area contributed by atoms with Crippen LogP contribution in [0, 0.1) is 0 Å². The summed E-state index contributed by atoms with van der Waals surface area (Å²) in [6.07, 6.45) is 2.02. The molecule has 3 unspecified atom stereocenters. The number of hydrogen-bond donors (Lipinski definition) is 1. The molecular weight excluding hydrogens is 472 g/mol. The third-order valence-electron chi connectivity index (χ3n) is 6.85. The lowest BCUT2D eigenvalue weighted by Gasteiger charge is -2.25. The van der Waals surface area contributed by atoms with Crippen LogP contribution < -0.4 is 10.6 Å². The highest BCUT2D eigenvalue weighted by Crippen LogP contribution is 2.42. The standard InChI is InChI=1S/C28H28N4O3S/c1-3-27(36(34,35)31-18-24(30-28(31)29)20-10-6-4-7-11-20)22-14-15-25-23(16-22)17-26(32(25)19(2)33)21-12-8-5-9-13-21/h3-16,24,26-27H,1,17-18H2,2H3,(H2,29,30). The maximum atomic E-state index is 13.7. The first-order valence-corrected chi connectivity index (χ1v) is 13.3. The summed E-state index contributed by atoms with van der Waals surface area (Å²) < 4.78 is 28.7. The van der Waals surface area contributed by atoms with E-state index in [1.807, 2.05) is 72.8 Å². The van der Waals surface area contributed by atoms with Gasteiger partial charge in [-0.2, -0.15) is 0 Å². The van der Waals surface area contributed by atoms with Gasteiger partial charge >= 0.3 is 0 Å². The molecule has 0 radical (unpaired) electrons. The number of nitrogens with zero attached hydrogens (tertiary/aromatic N) is 3. The lowest BCUT2D eigenvalue weighted by Crippen LogP contribution is -2.41. The van der Waals surface area contributed by atoms with Crippen molar-refractivity contribution in [1.29, 1.82) is 0 Å². The van der Waals surface area contributed by atoms with Gasteiger partial charge in [-0.3, -0.25) is 4.79 Å². The molecule has 8 heteroatoms. The molecule has 2 N–H and O–H groups in total. The van der Waals surface area contributed by atoms with E-state index in [1.54, 1.807) is 17.9 Å². The van der Waals surface area contributed by atoms with Crippen molar-refractivity contribution in [2.24, 2.45) is 10.7 Å². The van der Waals surface area contributed by atoms with Crippen LogP contribution in [-0.2, 0) is 21.2 Å². The van der Waals surface area contributed by atoms with Crippen molar-refractivity contribution < 1.29 is 13.2 Å². The predicted octanol–water partition coefficient (Wildman–Crippen LogP) is 4.27. The van der Waals surface area contributed by atoms with Crippen molar-refractivity contribution >= 4 is 27.6 Å². The molecule has 0 bridgehead atoms. The van der Waals surface area contributed by atoms with Crippen molar-refractivity contribution in [2.45, 2.75) is 30.7 Å². The Bertz CT molecular complexity index is 1440. The molecule has 0 saturated heterocycles. The van der Waals surface area contributed by atoms with E-state index in [-0.39, 0.29) is 30.5 Å². The first-order valence-electron chi connectivity index (χ1n) is 11.8. The number of nitrogens with two attached hydrogens (primary N) is 1. The molecule has 2 aliphatic heterocycles. The molecule has 184 valence electrons. The summed E-state index contributed by atoms with van der Waals surface area (Å²) in [6, 6.07) is 24.3. The summed E-state index contributed by atoms with van der Waals surface area (Å²) in [6.45, 7) is 5.52. The third kappa shape index (κ3) is 4.07. The second kappa shape index (κ2) is 9.28. The quantitative estimate of drug-likeness (QED) is 0.512. The van der Waals surface area contributed by atoms with Crippen LogP contribution in [0.5, 0.6) is 0 Å². The Morgan fingerprint density at radius 2 is 1.69 bits per heavy atom. The van der Waals surface area contributed by atoms with E-state index in [0.29, 0.717) is 12.0 Å². The summed E-state index contributed by atoms with van der Waals surface area (Å²) in [7, 11) is -3.93. The van der Waals surface area contributed by atoms with Crippen LogP contribution in [0.4, 0.5) is 5.69 Å². The fraction of sp³-hybridized carbons (Fsp3) is 0.214. The molecule has 7 nitrogen and oxygen atoms in total. The summed E-state index contributed by atoms with van der Waals surface area (Å²) >= 11 is 0. The summed E-state index contributed by atoms with van der Waals surface area (Å²) in [5.74, 6) is -0.0833. The van der Waals surface area contributed by atoms with Crippen molar-refractivity contribution in [1.82, 2.24) is 4.31 Å². The molecule has 3 aromatic rings. The Kier molecular flexibility index (Phi) is 6.14. The zero-order valence-electron chi connectivity index (χ0n) is 20.0. The van der Waals surface area contributed by atoms with E-state index in [1.165, 1.54) is 10.4 Å². The van der Waals surface area contributed by atoms with Crippen molar-refractivity contribution in [3.63, 3.8) is 0 Å². The largest absolute Gasteiger partial charge is 0.369 e. The molecule has 0 fully saturated rings. The highest BCUT2D eigenvalue weighted by Gasteiger charge is 2.39. The molecule has 3 aromatic carbocycles. The summed E-state index contributed by atoms with van der Waals surface area (Å²) in [5.41, 5.74) is 10.3. The molecule has 1 amide bonds. The normalized spacial score (nSPS) is 20.1. The van der Waals surface area contributed by atoms with Gasteiger partial charge in [-0.25, -0.2) is 17.7 Å². The SMILES string of the molecule is C=CC(c1ccc2c(c1)CC(c1ccccc1)N2C(C)=O)S(=O)(=O)N1CC(c2ccccc2)N=C1N. The number of rotatable bonds is 6. The Morgan fingerprint density at radius 1 is 1.06 bits per heavy atom. The van der Waals surface area contributed by atoms with Gasteiger partial charge in [0.25, 0.3) is 0 Å². The van der Waals surface area contributed by atoms with Gasteiger partial charge in [-0.1, -0.05) is 78.9 Å². The molecule has 0 saturated carbocycles. The Labute approximate surface area is 211 Å². The van der Waals surface area contributed by atoms with Crippen molar-refractivity contribution in [2.75, 3.05) is 11.4 Å². The van der Waals surface area contributed by atoms with Gasteiger partial charge in [0.2, 0.25) is 21.9 Å². The molecule has 3 atom stereocenters. The fourth-order valence-electron chi connectivity index (χ4n) is 5.15. The zero-order chi connectivity index (χ0) is 25.4. The molecule has 2 heterocycles. The minimum absolute atomic E-state index is 0.0243. The number of benzene rings is 3. The molecule has 36 heavy (non-hydrogen) atoms. The number of anilines is 1. The average Bonchev–Trinajstić information content (AvgIpc) is 3.46. The molecule has 0 aliphatic carbocycles. The number of hydrogen-bond acceptors (Lipinski definition) is 5. The highest BCUT2D eigenvalue weighted by molar-refractivity contribution is 7.90. The summed E-state index contributed by atoms with van der Waals surface area (Å²) in [4.78, 5) is 18.8. The molecule has 2 aliphatic rings. The molecule has 5 rings (SSSR count). The van der Waals surface area contributed by atoms with E-state index in [4.69, 9.17) is 5.73 Å². The van der Waals surface area contributed by atoms with Gasteiger partial charge in [0.15, 0.2) is 0 Å². The molecule has 0 spiro atoms. The predicted molar refractivity (Wildman–Crippen MR) is 142 cm³/mol. The maximum Gasteiger partial charge on any atom is 0.248 e. The number of amides is 1. The van der Waals surface area contributed by atoms with Crippen LogP contribution >= 0.6 is 0 Å². The first kappa shape index (κ1) is 23.8. The van der Waals surface area contributed by atoms with Crippen LogP contribution in [-0.4, -0.2) is 31.1 Å². The lowest BCUT2D eigenvalue weighted by atomic mass is 10.0. The smallest absolute Gasteiger partial charge is 0.248 e. The molecule has 0 aromatic heterocycles. The first-order chi connectivity index (χ1) is 17.3. The number of guanidine groups is 1. The average molecular weight is 501 g/mol. The van der Waals surface area contributed by atoms with E-state index in [2.05, 4.69) is 11.6 Å². The van der Waals surface area contributed by atoms with E-state index < -0.39 is 15.3 Å². The maximum absolute atomic E-state index is 13.7. The summed E-state index contributed by atoms with van der Waals surface area (Å²) in [5, 5.41) is -1.01. The number of carbonyl (C=O) groups excluding carboxylic acids is 1. The van der Waals surface area contributed by atoms with Crippen LogP contribution in [0.25, 0.3) is 0 Å². The van der Waals surface area contributed by atoms with Crippen molar-refractivity contribution in [3.8, 4) is 0 Å². The van der Waals surface area contributed by atoms with Crippen LogP contribution in [0.15, 0.2) is 96.5 Å². The van der Waals surface area contributed by atoms with Gasteiger partial charge in [0.1, 0.15) is 5.25 Å².